The van der Waals surface area contributed by atoms with E-state index in [2.05, 4.69) is 27.7 Å². The SMILES string of the molecule is CCCC(CC)[Se][Se]C(CC)CCC. The van der Waals surface area contributed by atoms with Crippen LogP contribution in [0, 0.1) is 0 Å². The van der Waals surface area contributed by atoms with E-state index >= 15 is 0 Å². The Morgan fingerprint density at radius 1 is 0.714 bits per heavy atom. The van der Waals surface area contributed by atoms with Crippen molar-refractivity contribution in [3.05, 3.63) is 0 Å². The molecular formula is C12H26Se2. The van der Waals surface area contributed by atoms with Crippen LogP contribution in [0.1, 0.15) is 66.2 Å². The molecule has 86 valence electrons. The fourth-order valence-electron chi connectivity index (χ4n) is 1.44. The Hall–Kier alpha value is 1.04. The second kappa shape index (κ2) is 10.6. The van der Waals surface area contributed by atoms with E-state index < -0.39 is 0 Å². The van der Waals surface area contributed by atoms with Gasteiger partial charge < -0.3 is 0 Å². The van der Waals surface area contributed by atoms with Crippen molar-refractivity contribution >= 4 is 26.3 Å². The van der Waals surface area contributed by atoms with Gasteiger partial charge in [0.15, 0.2) is 0 Å². The molecule has 0 aliphatic rings. The molecule has 0 aromatic rings. The van der Waals surface area contributed by atoms with E-state index in [1.165, 1.54) is 38.5 Å². The van der Waals surface area contributed by atoms with Gasteiger partial charge in [0, 0.05) is 0 Å². The van der Waals surface area contributed by atoms with Crippen LogP contribution in [0.3, 0.4) is 0 Å². The van der Waals surface area contributed by atoms with Gasteiger partial charge in [-0.3, -0.25) is 0 Å². The zero-order chi connectivity index (χ0) is 10.8. The zero-order valence-corrected chi connectivity index (χ0v) is 13.6. The molecule has 0 nitrogen and oxygen atoms in total. The Labute approximate surface area is 102 Å². The van der Waals surface area contributed by atoms with Crippen LogP contribution in [0.25, 0.3) is 0 Å². The first-order valence-corrected chi connectivity index (χ1v) is 12.4. The van der Waals surface area contributed by atoms with E-state index in [1.54, 1.807) is 0 Å². The summed E-state index contributed by atoms with van der Waals surface area (Å²) in [5, 5.41) is 0. The summed E-state index contributed by atoms with van der Waals surface area (Å²) in [6.45, 7) is 9.40. The summed E-state index contributed by atoms with van der Waals surface area (Å²) < 4.78 is 0. The van der Waals surface area contributed by atoms with Crippen LogP contribution in [0.5, 0.6) is 0 Å². The Morgan fingerprint density at radius 2 is 1.07 bits per heavy atom. The molecule has 0 fully saturated rings. The van der Waals surface area contributed by atoms with E-state index in [0.717, 1.165) is 35.9 Å². The first kappa shape index (κ1) is 15.0. The Balaban J connectivity index is 3.63. The average molecular weight is 328 g/mol. The summed E-state index contributed by atoms with van der Waals surface area (Å²) in [5.41, 5.74) is 0. The fraction of sp³-hybridized carbons (Fsp3) is 1.00. The maximum absolute atomic E-state index is 2.37. The molecule has 0 spiro atoms. The molecule has 0 radical (unpaired) electrons. The topological polar surface area (TPSA) is 0 Å². The van der Waals surface area contributed by atoms with E-state index in [9.17, 15) is 0 Å². The summed E-state index contributed by atoms with van der Waals surface area (Å²) >= 11 is 1.96. The van der Waals surface area contributed by atoms with Crippen molar-refractivity contribution in [3.8, 4) is 0 Å². The van der Waals surface area contributed by atoms with Crippen molar-refractivity contribution in [2.75, 3.05) is 0 Å². The predicted octanol–water partition coefficient (Wildman–Crippen LogP) is 4.31. The Kier molecular flexibility index (Phi) is 11.3. The van der Waals surface area contributed by atoms with Gasteiger partial charge in [0.05, 0.1) is 0 Å². The first-order chi connectivity index (χ1) is 6.78. The molecule has 0 aliphatic carbocycles. The minimum atomic E-state index is 0.980. The molecule has 0 heterocycles. The van der Waals surface area contributed by atoms with Crippen LogP contribution >= 0.6 is 0 Å². The van der Waals surface area contributed by atoms with Crippen molar-refractivity contribution in [3.63, 3.8) is 0 Å². The molecule has 0 aromatic heterocycles. The average Bonchev–Trinajstić information content (AvgIpc) is 2.22. The summed E-state index contributed by atoms with van der Waals surface area (Å²) in [6, 6.07) is 0. The van der Waals surface area contributed by atoms with Crippen molar-refractivity contribution in [1.82, 2.24) is 0 Å². The maximum atomic E-state index is 2.37. The van der Waals surface area contributed by atoms with E-state index in [-0.39, 0.29) is 0 Å². The van der Waals surface area contributed by atoms with Gasteiger partial charge in [-0.15, -0.1) is 0 Å². The molecule has 0 rings (SSSR count). The molecule has 2 atom stereocenters. The van der Waals surface area contributed by atoms with E-state index in [4.69, 9.17) is 0 Å². The van der Waals surface area contributed by atoms with E-state index in [1.807, 2.05) is 0 Å². The van der Waals surface area contributed by atoms with Gasteiger partial charge in [-0.1, -0.05) is 0 Å². The van der Waals surface area contributed by atoms with Crippen LogP contribution in [-0.4, -0.2) is 26.3 Å². The Morgan fingerprint density at radius 3 is 1.29 bits per heavy atom. The Bertz CT molecular complexity index is 101. The normalized spacial score (nSPS) is 15.4. The van der Waals surface area contributed by atoms with Crippen molar-refractivity contribution in [1.29, 1.82) is 0 Å². The molecule has 2 heteroatoms. The van der Waals surface area contributed by atoms with Crippen LogP contribution in [0.2, 0.25) is 9.63 Å². The molecule has 0 saturated carbocycles. The van der Waals surface area contributed by atoms with Crippen LogP contribution in [0.4, 0.5) is 0 Å². The zero-order valence-electron chi connectivity index (χ0n) is 10.2. The molecule has 2 unspecified atom stereocenters. The van der Waals surface area contributed by atoms with Crippen LogP contribution in [0.15, 0.2) is 0 Å². The predicted molar refractivity (Wildman–Crippen MR) is 69.4 cm³/mol. The molecule has 0 aromatic carbocycles. The molecule has 0 amide bonds. The molecular weight excluding hydrogens is 302 g/mol. The summed E-state index contributed by atoms with van der Waals surface area (Å²) in [4.78, 5) is 2.19. The quantitative estimate of drug-likeness (QED) is 0.554. The second-order valence-corrected chi connectivity index (χ2v) is 11.6. The standard InChI is InChI=1S/C12H26Se2/c1-5-9-11(7-3)13-14-12(8-4)10-6-2/h11-12H,5-10H2,1-4H3. The summed E-state index contributed by atoms with van der Waals surface area (Å²) in [6.07, 6.45) is 8.61. The van der Waals surface area contributed by atoms with Gasteiger partial charge in [-0.05, 0) is 0 Å². The number of rotatable bonds is 9. The van der Waals surface area contributed by atoms with Crippen molar-refractivity contribution < 1.29 is 0 Å². The fourth-order valence-corrected chi connectivity index (χ4v) is 12.6. The molecule has 0 saturated heterocycles. The summed E-state index contributed by atoms with van der Waals surface area (Å²) in [5.74, 6) is 0. The van der Waals surface area contributed by atoms with Gasteiger partial charge in [-0.25, -0.2) is 0 Å². The van der Waals surface area contributed by atoms with Gasteiger partial charge in [0.25, 0.3) is 0 Å². The summed E-state index contributed by atoms with van der Waals surface area (Å²) in [7, 11) is 0. The van der Waals surface area contributed by atoms with Crippen molar-refractivity contribution in [2.45, 2.75) is 75.9 Å². The van der Waals surface area contributed by atoms with Gasteiger partial charge in [-0.2, -0.15) is 0 Å². The third kappa shape index (κ3) is 7.35. The van der Waals surface area contributed by atoms with E-state index in [0.29, 0.717) is 0 Å². The molecule has 14 heavy (non-hydrogen) atoms. The van der Waals surface area contributed by atoms with Gasteiger partial charge in [0.2, 0.25) is 0 Å². The molecule has 0 N–H and O–H groups in total. The number of hydrogen-bond acceptors (Lipinski definition) is 0. The van der Waals surface area contributed by atoms with Crippen molar-refractivity contribution in [2.24, 2.45) is 0 Å². The monoisotopic (exact) mass is 330 g/mol. The van der Waals surface area contributed by atoms with Crippen LogP contribution < -0.4 is 0 Å². The third-order valence-electron chi connectivity index (χ3n) is 2.46. The van der Waals surface area contributed by atoms with Gasteiger partial charge >= 0.3 is 102 Å². The molecule has 0 aliphatic heterocycles. The third-order valence-corrected chi connectivity index (χ3v) is 13.4. The first-order valence-electron chi connectivity index (χ1n) is 6.10. The van der Waals surface area contributed by atoms with Gasteiger partial charge in [0.1, 0.15) is 0 Å². The number of hydrogen-bond donors (Lipinski definition) is 0. The van der Waals surface area contributed by atoms with Crippen LogP contribution in [-0.2, 0) is 0 Å². The second-order valence-electron chi connectivity index (χ2n) is 3.83. The molecule has 0 bridgehead atoms. The minimum absolute atomic E-state index is 0.980.